The molecular formula is C13H16. The van der Waals surface area contributed by atoms with Crippen molar-refractivity contribution >= 4 is 6.08 Å². The van der Waals surface area contributed by atoms with Crippen LogP contribution in [0.25, 0.3) is 6.08 Å². The predicted molar refractivity (Wildman–Crippen MR) is 57.7 cm³/mol. The summed E-state index contributed by atoms with van der Waals surface area (Å²) in [7, 11) is 0. The molecule has 1 aromatic rings. The van der Waals surface area contributed by atoms with Crippen molar-refractivity contribution in [3.63, 3.8) is 0 Å². The third kappa shape index (κ3) is 1.41. The first kappa shape index (κ1) is 8.55. The third-order valence-corrected chi connectivity index (χ3v) is 3.30. The molecule has 0 amide bonds. The predicted octanol–water partition coefficient (Wildman–Crippen LogP) is 3.77. The van der Waals surface area contributed by atoms with Gasteiger partial charge in [0.05, 0.1) is 0 Å². The average Bonchev–Trinajstić information content (AvgIpc) is 2.14. The summed E-state index contributed by atoms with van der Waals surface area (Å²) < 4.78 is 0. The van der Waals surface area contributed by atoms with Crippen LogP contribution in [0.2, 0.25) is 0 Å². The first-order valence-corrected chi connectivity index (χ1v) is 4.98. The van der Waals surface area contributed by atoms with E-state index in [1.54, 1.807) is 0 Å². The molecule has 0 saturated heterocycles. The van der Waals surface area contributed by atoms with Crippen LogP contribution in [-0.2, 0) is 5.41 Å². The zero-order valence-corrected chi connectivity index (χ0v) is 8.22. The highest BCUT2D eigenvalue weighted by atomic mass is 14.4. The molecule has 2 rings (SSSR count). The van der Waals surface area contributed by atoms with Crippen molar-refractivity contribution in [2.75, 3.05) is 0 Å². The number of hydrogen-bond donors (Lipinski definition) is 0. The van der Waals surface area contributed by atoms with Crippen molar-refractivity contribution in [2.24, 2.45) is 0 Å². The molecule has 0 heterocycles. The second-order valence-electron chi connectivity index (χ2n) is 4.24. The lowest BCUT2D eigenvalue weighted by Gasteiger charge is -2.39. The summed E-state index contributed by atoms with van der Waals surface area (Å²) in [5.41, 5.74) is 3.18. The van der Waals surface area contributed by atoms with Gasteiger partial charge in [-0.05, 0) is 29.4 Å². The quantitative estimate of drug-likeness (QED) is 0.637. The Morgan fingerprint density at radius 1 is 1.23 bits per heavy atom. The molecule has 68 valence electrons. The maximum absolute atomic E-state index is 3.76. The van der Waals surface area contributed by atoms with Crippen molar-refractivity contribution in [3.05, 3.63) is 42.0 Å². The molecule has 0 nitrogen and oxygen atoms in total. The van der Waals surface area contributed by atoms with Crippen LogP contribution in [0.15, 0.2) is 30.8 Å². The molecule has 0 radical (unpaired) electrons. The van der Waals surface area contributed by atoms with Crippen molar-refractivity contribution in [1.29, 1.82) is 0 Å². The molecule has 0 atom stereocenters. The van der Waals surface area contributed by atoms with Gasteiger partial charge in [-0.3, -0.25) is 0 Å². The zero-order chi connectivity index (χ0) is 9.31. The van der Waals surface area contributed by atoms with Gasteiger partial charge < -0.3 is 0 Å². The Morgan fingerprint density at radius 3 is 2.23 bits per heavy atom. The van der Waals surface area contributed by atoms with E-state index >= 15 is 0 Å². The zero-order valence-electron chi connectivity index (χ0n) is 8.22. The highest BCUT2D eigenvalue weighted by Gasteiger charge is 2.33. The molecule has 1 aromatic carbocycles. The maximum atomic E-state index is 3.76. The molecule has 1 aliphatic rings. The van der Waals surface area contributed by atoms with E-state index in [1.807, 2.05) is 6.08 Å². The summed E-state index contributed by atoms with van der Waals surface area (Å²) in [5.74, 6) is 0. The molecule has 0 aromatic heterocycles. The van der Waals surface area contributed by atoms with Gasteiger partial charge in [-0.2, -0.15) is 0 Å². The van der Waals surface area contributed by atoms with Crippen LogP contribution in [0.1, 0.15) is 37.3 Å². The summed E-state index contributed by atoms with van der Waals surface area (Å²) in [6.07, 6.45) is 5.98. The highest BCUT2D eigenvalue weighted by molar-refractivity contribution is 5.48. The molecule has 0 heteroatoms. The molecule has 1 saturated carbocycles. The second-order valence-corrected chi connectivity index (χ2v) is 4.24. The van der Waals surface area contributed by atoms with Crippen LogP contribution in [0.3, 0.4) is 0 Å². The standard InChI is InChI=1S/C13H16/c1-3-11-5-7-12(8-6-11)13(2)9-4-10-13/h3,5-8H,1,4,9-10H2,2H3. The average molecular weight is 172 g/mol. The first-order valence-electron chi connectivity index (χ1n) is 4.98. The van der Waals surface area contributed by atoms with Crippen LogP contribution in [0.4, 0.5) is 0 Å². The minimum atomic E-state index is 0.472. The van der Waals surface area contributed by atoms with Gasteiger partial charge in [-0.15, -0.1) is 0 Å². The fourth-order valence-corrected chi connectivity index (χ4v) is 2.02. The van der Waals surface area contributed by atoms with Gasteiger partial charge in [-0.25, -0.2) is 0 Å². The van der Waals surface area contributed by atoms with E-state index in [1.165, 1.54) is 30.4 Å². The van der Waals surface area contributed by atoms with Gasteiger partial charge in [0, 0.05) is 0 Å². The summed E-state index contributed by atoms with van der Waals surface area (Å²) in [6.45, 7) is 6.12. The third-order valence-electron chi connectivity index (χ3n) is 3.30. The van der Waals surface area contributed by atoms with Crippen LogP contribution in [-0.4, -0.2) is 0 Å². The highest BCUT2D eigenvalue weighted by Crippen LogP contribution is 2.42. The van der Waals surface area contributed by atoms with Gasteiger partial charge in [0.25, 0.3) is 0 Å². The lowest BCUT2D eigenvalue weighted by molar-refractivity contribution is 0.272. The monoisotopic (exact) mass is 172 g/mol. The van der Waals surface area contributed by atoms with Crippen LogP contribution in [0.5, 0.6) is 0 Å². The van der Waals surface area contributed by atoms with E-state index in [9.17, 15) is 0 Å². The largest absolute Gasteiger partial charge is 0.0985 e. The van der Waals surface area contributed by atoms with E-state index in [0.29, 0.717) is 5.41 Å². The van der Waals surface area contributed by atoms with Crippen molar-refractivity contribution in [3.8, 4) is 0 Å². The minimum Gasteiger partial charge on any atom is -0.0985 e. The van der Waals surface area contributed by atoms with Crippen molar-refractivity contribution in [1.82, 2.24) is 0 Å². The molecule has 0 bridgehead atoms. The Balaban J connectivity index is 2.27. The summed E-state index contributed by atoms with van der Waals surface area (Å²) in [4.78, 5) is 0. The Labute approximate surface area is 80.3 Å². The lowest BCUT2D eigenvalue weighted by Crippen LogP contribution is -2.30. The molecule has 1 fully saturated rings. The molecule has 0 aliphatic heterocycles. The number of benzene rings is 1. The Kier molecular flexibility index (Phi) is 1.99. The smallest absolute Gasteiger partial charge is 0.00752 e. The topological polar surface area (TPSA) is 0 Å². The summed E-state index contributed by atoms with van der Waals surface area (Å²) in [5, 5.41) is 0. The van der Waals surface area contributed by atoms with E-state index in [4.69, 9.17) is 0 Å². The van der Waals surface area contributed by atoms with Gasteiger partial charge >= 0.3 is 0 Å². The summed E-state index contributed by atoms with van der Waals surface area (Å²) in [6, 6.07) is 8.81. The van der Waals surface area contributed by atoms with E-state index < -0.39 is 0 Å². The van der Waals surface area contributed by atoms with E-state index in [2.05, 4.69) is 37.8 Å². The maximum Gasteiger partial charge on any atom is -0.00752 e. The number of rotatable bonds is 2. The Hall–Kier alpha value is -1.04. The summed E-state index contributed by atoms with van der Waals surface area (Å²) >= 11 is 0. The SMILES string of the molecule is C=Cc1ccc(C2(C)CCC2)cc1. The van der Waals surface area contributed by atoms with Crippen molar-refractivity contribution < 1.29 is 0 Å². The van der Waals surface area contributed by atoms with E-state index in [0.717, 1.165) is 0 Å². The molecule has 0 unspecified atom stereocenters. The fraction of sp³-hybridized carbons (Fsp3) is 0.385. The van der Waals surface area contributed by atoms with Gasteiger partial charge in [0.1, 0.15) is 0 Å². The van der Waals surface area contributed by atoms with Gasteiger partial charge in [0.2, 0.25) is 0 Å². The van der Waals surface area contributed by atoms with Gasteiger partial charge in [0.15, 0.2) is 0 Å². The molecule has 1 aliphatic carbocycles. The molecule has 0 N–H and O–H groups in total. The Bertz CT molecular complexity index is 301. The van der Waals surface area contributed by atoms with Crippen LogP contribution < -0.4 is 0 Å². The molecule has 13 heavy (non-hydrogen) atoms. The molecular weight excluding hydrogens is 156 g/mol. The lowest BCUT2D eigenvalue weighted by atomic mass is 9.66. The van der Waals surface area contributed by atoms with Gasteiger partial charge in [-0.1, -0.05) is 50.3 Å². The normalized spacial score (nSPS) is 19.2. The molecule has 0 spiro atoms. The van der Waals surface area contributed by atoms with Crippen LogP contribution in [0, 0.1) is 0 Å². The minimum absolute atomic E-state index is 0.472. The Morgan fingerprint density at radius 2 is 1.85 bits per heavy atom. The fourth-order valence-electron chi connectivity index (χ4n) is 2.02. The number of hydrogen-bond acceptors (Lipinski definition) is 0. The van der Waals surface area contributed by atoms with Crippen molar-refractivity contribution in [2.45, 2.75) is 31.6 Å². The first-order chi connectivity index (χ1) is 6.24. The second kappa shape index (κ2) is 3.02. The van der Waals surface area contributed by atoms with E-state index in [-0.39, 0.29) is 0 Å². The van der Waals surface area contributed by atoms with Crippen LogP contribution >= 0.6 is 0 Å².